The van der Waals surface area contributed by atoms with Gasteiger partial charge < -0.3 is 4.74 Å². The maximum atomic E-state index is 11.8. The van der Waals surface area contributed by atoms with Gasteiger partial charge in [0.05, 0.1) is 0 Å². The Bertz CT molecular complexity index is 350. The van der Waals surface area contributed by atoms with E-state index < -0.39 is 34.1 Å². The van der Waals surface area contributed by atoms with Crippen LogP contribution in [0.3, 0.4) is 0 Å². The summed E-state index contributed by atoms with van der Waals surface area (Å²) >= 11 is 0. The molecule has 15 heavy (non-hydrogen) atoms. The van der Waals surface area contributed by atoms with Crippen molar-refractivity contribution in [2.24, 2.45) is 0 Å². The molecule has 1 saturated heterocycles. The molecule has 1 N–H and O–H groups in total. The van der Waals surface area contributed by atoms with E-state index in [1.165, 1.54) is 4.72 Å². The van der Waals surface area contributed by atoms with Crippen LogP contribution >= 0.6 is 0 Å². The molecule has 9 heteroatoms. The summed E-state index contributed by atoms with van der Waals surface area (Å²) in [5.74, 6) is -0.536. The van der Waals surface area contributed by atoms with Crippen molar-refractivity contribution in [2.75, 3.05) is 6.54 Å². The lowest BCUT2D eigenvalue weighted by molar-refractivity contribution is -0.141. The average molecular weight is 247 g/mol. The molecule has 5 nitrogen and oxygen atoms in total. The summed E-state index contributed by atoms with van der Waals surface area (Å²) in [6, 6.07) is 0. The lowest BCUT2D eigenvalue weighted by Crippen LogP contribution is -2.40. The Balaban J connectivity index is 2.47. The third-order valence-corrected chi connectivity index (χ3v) is 2.93. The van der Waals surface area contributed by atoms with Crippen LogP contribution in [0.15, 0.2) is 0 Å². The number of esters is 1. The van der Waals surface area contributed by atoms with Gasteiger partial charge in [0.15, 0.2) is 0 Å². The first-order valence-corrected chi connectivity index (χ1v) is 5.46. The first-order valence-electron chi connectivity index (χ1n) is 3.98. The molecule has 1 unspecified atom stereocenters. The maximum Gasteiger partial charge on any atom is 0.511 e. The van der Waals surface area contributed by atoms with Crippen LogP contribution in [0, 0.1) is 0 Å². The van der Waals surface area contributed by atoms with Crippen molar-refractivity contribution in [3.05, 3.63) is 0 Å². The molecule has 1 fully saturated rings. The SMILES string of the molecule is O=C1CCC(CNS(=O)(=O)C(F)(F)F)O1. The number of alkyl halides is 3. The highest BCUT2D eigenvalue weighted by Crippen LogP contribution is 2.22. The predicted octanol–water partition coefficient (Wildman–Crippen LogP) is 0.131. The molecule has 0 spiro atoms. The van der Waals surface area contributed by atoms with Crippen molar-refractivity contribution in [2.45, 2.75) is 24.5 Å². The third kappa shape index (κ3) is 3.06. The van der Waals surface area contributed by atoms with Gasteiger partial charge in [0, 0.05) is 13.0 Å². The second-order valence-corrected chi connectivity index (χ2v) is 4.71. The van der Waals surface area contributed by atoms with Crippen LogP contribution in [0.2, 0.25) is 0 Å². The van der Waals surface area contributed by atoms with Gasteiger partial charge >= 0.3 is 21.5 Å². The second kappa shape index (κ2) is 3.97. The number of hydrogen-bond acceptors (Lipinski definition) is 4. The number of hydrogen-bond donors (Lipinski definition) is 1. The summed E-state index contributed by atoms with van der Waals surface area (Å²) < 4.78 is 62.4. The van der Waals surface area contributed by atoms with Crippen molar-refractivity contribution >= 4 is 16.0 Å². The maximum absolute atomic E-state index is 11.8. The molecule has 0 bridgehead atoms. The van der Waals surface area contributed by atoms with Gasteiger partial charge in [0.1, 0.15) is 6.10 Å². The highest BCUT2D eigenvalue weighted by atomic mass is 32.2. The summed E-state index contributed by atoms with van der Waals surface area (Å²) in [4.78, 5) is 10.6. The van der Waals surface area contributed by atoms with E-state index in [0.717, 1.165) is 0 Å². The fourth-order valence-electron chi connectivity index (χ4n) is 1.01. The van der Waals surface area contributed by atoms with E-state index in [0.29, 0.717) is 0 Å². The Morgan fingerprint density at radius 2 is 2.07 bits per heavy atom. The minimum absolute atomic E-state index is 0.0956. The van der Waals surface area contributed by atoms with E-state index >= 15 is 0 Å². The van der Waals surface area contributed by atoms with E-state index in [4.69, 9.17) is 0 Å². The molecular formula is C6H8F3NO4S. The number of sulfonamides is 1. The fourth-order valence-corrected chi connectivity index (χ4v) is 1.58. The number of carbonyl (C=O) groups excluding carboxylic acids is 1. The number of halogens is 3. The quantitative estimate of drug-likeness (QED) is 0.719. The lowest BCUT2D eigenvalue weighted by atomic mass is 10.2. The van der Waals surface area contributed by atoms with Gasteiger partial charge in [0.25, 0.3) is 0 Å². The number of carbonyl (C=O) groups is 1. The lowest BCUT2D eigenvalue weighted by Gasteiger charge is -2.12. The Morgan fingerprint density at radius 1 is 1.47 bits per heavy atom. The Hall–Kier alpha value is -0.830. The van der Waals surface area contributed by atoms with Gasteiger partial charge in [-0.2, -0.15) is 13.2 Å². The van der Waals surface area contributed by atoms with Crippen molar-refractivity contribution in [3.63, 3.8) is 0 Å². The standard InChI is InChI=1S/C6H8F3NO4S/c7-6(8,9)15(12,13)10-3-4-1-2-5(11)14-4/h4,10H,1-3H2. The summed E-state index contributed by atoms with van der Waals surface area (Å²) in [5, 5.41) is 0. The van der Waals surface area contributed by atoms with Crippen LogP contribution in [0.4, 0.5) is 13.2 Å². The van der Waals surface area contributed by atoms with E-state index in [9.17, 15) is 26.4 Å². The van der Waals surface area contributed by atoms with Gasteiger partial charge in [-0.3, -0.25) is 4.79 Å². The highest BCUT2D eigenvalue weighted by molar-refractivity contribution is 7.90. The monoisotopic (exact) mass is 247 g/mol. The molecule has 0 aromatic rings. The Morgan fingerprint density at radius 3 is 2.47 bits per heavy atom. The topological polar surface area (TPSA) is 72.5 Å². The zero-order valence-electron chi connectivity index (χ0n) is 7.37. The average Bonchev–Trinajstić information content (AvgIpc) is 2.46. The molecule has 0 aromatic heterocycles. The fraction of sp³-hybridized carbons (Fsp3) is 0.833. The van der Waals surface area contributed by atoms with Crippen molar-refractivity contribution in [1.29, 1.82) is 0 Å². The van der Waals surface area contributed by atoms with Crippen molar-refractivity contribution < 1.29 is 31.1 Å². The first kappa shape index (κ1) is 12.2. The van der Waals surface area contributed by atoms with Gasteiger partial charge in [0.2, 0.25) is 0 Å². The van der Waals surface area contributed by atoms with E-state index in [-0.39, 0.29) is 12.8 Å². The van der Waals surface area contributed by atoms with Gasteiger partial charge in [-0.1, -0.05) is 0 Å². The third-order valence-electron chi connectivity index (χ3n) is 1.77. The summed E-state index contributed by atoms with van der Waals surface area (Å²) in [5.41, 5.74) is -5.34. The van der Waals surface area contributed by atoms with Gasteiger partial charge in [-0.05, 0) is 6.42 Å². The van der Waals surface area contributed by atoms with E-state index in [1.54, 1.807) is 0 Å². The minimum Gasteiger partial charge on any atom is -0.461 e. The molecule has 0 amide bonds. The van der Waals surface area contributed by atoms with Gasteiger partial charge in [-0.15, -0.1) is 0 Å². The predicted molar refractivity (Wildman–Crippen MR) is 42.1 cm³/mol. The summed E-state index contributed by atoms with van der Waals surface area (Å²) in [6.45, 7) is -0.548. The van der Waals surface area contributed by atoms with Crippen LogP contribution in [0.5, 0.6) is 0 Å². The number of cyclic esters (lactones) is 1. The summed E-state index contributed by atoms with van der Waals surface area (Å²) in [6.07, 6.45) is -0.493. The molecule has 1 aliphatic rings. The smallest absolute Gasteiger partial charge is 0.461 e. The van der Waals surface area contributed by atoms with Crippen molar-refractivity contribution in [1.82, 2.24) is 4.72 Å². The Labute approximate surface area is 83.6 Å². The molecule has 88 valence electrons. The zero-order valence-corrected chi connectivity index (χ0v) is 8.19. The van der Waals surface area contributed by atoms with Crippen LogP contribution in [0.25, 0.3) is 0 Å². The largest absolute Gasteiger partial charge is 0.511 e. The molecule has 0 aromatic carbocycles. The zero-order chi connectivity index (χ0) is 11.7. The van der Waals surface area contributed by atoms with Crippen LogP contribution in [-0.4, -0.2) is 32.5 Å². The minimum atomic E-state index is -5.34. The van der Waals surface area contributed by atoms with E-state index in [1.807, 2.05) is 0 Å². The molecule has 1 atom stereocenters. The molecule has 1 aliphatic heterocycles. The van der Waals surface area contributed by atoms with E-state index in [2.05, 4.69) is 4.74 Å². The number of nitrogens with one attached hydrogen (secondary N) is 1. The van der Waals surface area contributed by atoms with Crippen LogP contribution in [-0.2, 0) is 19.6 Å². The molecule has 1 rings (SSSR count). The number of ether oxygens (including phenoxy) is 1. The normalized spacial score (nSPS) is 22.9. The molecule has 1 heterocycles. The molecular weight excluding hydrogens is 239 g/mol. The molecule has 0 saturated carbocycles. The molecule has 0 radical (unpaired) electrons. The van der Waals surface area contributed by atoms with Crippen LogP contribution < -0.4 is 4.72 Å². The molecule has 0 aliphatic carbocycles. The van der Waals surface area contributed by atoms with Crippen molar-refractivity contribution in [3.8, 4) is 0 Å². The second-order valence-electron chi connectivity index (χ2n) is 2.95. The van der Waals surface area contributed by atoms with Gasteiger partial charge in [-0.25, -0.2) is 13.1 Å². The first-order chi connectivity index (χ1) is 6.72. The highest BCUT2D eigenvalue weighted by Gasteiger charge is 2.46. The Kier molecular flexibility index (Phi) is 3.24. The number of rotatable bonds is 3. The van der Waals surface area contributed by atoms with Crippen LogP contribution in [0.1, 0.15) is 12.8 Å². The summed E-state index contributed by atoms with van der Waals surface area (Å²) in [7, 11) is -5.34.